The molecule has 0 aliphatic heterocycles. The Morgan fingerprint density at radius 1 is 0.304 bits per heavy atom. The van der Waals surface area contributed by atoms with Crippen LogP contribution < -0.4 is 4.90 Å². The highest BCUT2D eigenvalue weighted by Gasteiger charge is 2.14. The average molecular weight is 590 g/mol. The minimum Gasteiger partial charge on any atom is -0.456 e. The molecule has 46 heavy (non-hydrogen) atoms. The van der Waals surface area contributed by atoms with Crippen LogP contribution in [-0.4, -0.2) is 0 Å². The van der Waals surface area contributed by atoms with Gasteiger partial charge in [-0.1, -0.05) is 127 Å². The number of hydrogen-bond donors (Lipinski definition) is 0. The normalized spacial score (nSPS) is 11.0. The Morgan fingerprint density at radius 3 is 1.33 bits per heavy atom. The van der Waals surface area contributed by atoms with Crippen LogP contribution in [0.4, 0.5) is 17.1 Å². The van der Waals surface area contributed by atoms with Gasteiger partial charge in [0.15, 0.2) is 0 Å². The van der Waals surface area contributed by atoms with Crippen LogP contribution in [0.25, 0.3) is 55.7 Å². The van der Waals surface area contributed by atoms with E-state index in [0.717, 1.165) is 50.5 Å². The van der Waals surface area contributed by atoms with Crippen molar-refractivity contribution in [2.45, 2.75) is 0 Å². The largest absolute Gasteiger partial charge is 0.456 e. The molecule has 0 spiro atoms. The number of hydrogen-bond acceptors (Lipinski definition) is 2. The molecule has 1 heterocycles. The Kier molecular flexibility index (Phi) is 7.22. The van der Waals surface area contributed by atoms with Crippen molar-refractivity contribution in [2.75, 3.05) is 4.90 Å². The van der Waals surface area contributed by atoms with Crippen molar-refractivity contribution >= 4 is 28.0 Å². The average Bonchev–Trinajstić information content (AvgIpc) is 3.58. The van der Waals surface area contributed by atoms with Crippen molar-refractivity contribution in [1.29, 1.82) is 0 Å². The third kappa shape index (κ3) is 5.49. The van der Waals surface area contributed by atoms with Gasteiger partial charge < -0.3 is 9.32 Å². The highest BCUT2D eigenvalue weighted by Crippen LogP contribution is 2.38. The smallest absolute Gasteiger partial charge is 0.135 e. The van der Waals surface area contributed by atoms with Crippen LogP contribution in [0.2, 0.25) is 0 Å². The molecule has 8 aromatic rings. The Labute approximate surface area is 269 Å². The van der Waals surface area contributed by atoms with E-state index in [-0.39, 0.29) is 0 Å². The zero-order valence-corrected chi connectivity index (χ0v) is 25.3. The molecule has 0 aliphatic rings. The summed E-state index contributed by atoms with van der Waals surface area (Å²) in [6.07, 6.45) is 0. The lowest BCUT2D eigenvalue weighted by Crippen LogP contribution is -2.09. The molecular formula is C44H31NO. The second-order valence-electron chi connectivity index (χ2n) is 11.4. The van der Waals surface area contributed by atoms with E-state index in [1.165, 1.54) is 22.3 Å². The third-order valence-corrected chi connectivity index (χ3v) is 8.47. The Bertz CT molecular complexity index is 2200. The van der Waals surface area contributed by atoms with Crippen LogP contribution in [0, 0.1) is 0 Å². The third-order valence-electron chi connectivity index (χ3n) is 8.47. The molecule has 8 rings (SSSR count). The number of para-hydroxylation sites is 2. The maximum absolute atomic E-state index is 6.15. The van der Waals surface area contributed by atoms with Gasteiger partial charge in [0, 0.05) is 28.0 Å². The Balaban J connectivity index is 1.10. The zero-order chi connectivity index (χ0) is 30.7. The van der Waals surface area contributed by atoms with Gasteiger partial charge >= 0.3 is 0 Å². The van der Waals surface area contributed by atoms with Gasteiger partial charge in [-0.05, 0) is 94.0 Å². The molecule has 2 heteroatoms. The van der Waals surface area contributed by atoms with Crippen LogP contribution >= 0.6 is 0 Å². The molecule has 0 amide bonds. The molecule has 218 valence electrons. The summed E-state index contributed by atoms with van der Waals surface area (Å²) < 4.78 is 6.15. The molecule has 0 atom stereocenters. The molecule has 0 aliphatic carbocycles. The fourth-order valence-corrected chi connectivity index (χ4v) is 6.12. The van der Waals surface area contributed by atoms with Crippen molar-refractivity contribution in [3.8, 4) is 44.7 Å². The van der Waals surface area contributed by atoms with Crippen molar-refractivity contribution in [3.63, 3.8) is 0 Å². The van der Waals surface area contributed by atoms with E-state index in [9.17, 15) is 0 Å². The Morgan fingerprint density at radius 2 is 0.739 bits per heavy atom. The second-order valence-corrected chi connectivity index (χ2v) is 11.4. The topological polar surface area (TPSA) is 16.4 Å². The van der Waals surface area contributed by atoms with Gasteiger partial charge in [0.1, 0.15) is 11.3 Å². The van der Waals surface area contributed by atoms with Crippen LogP contribution in [0.3, 0.4) is 0 Å². The maximum atomic E-state index is 6.15. The van der Waals surface area contributed by atoms with Gasteiger partial charge in [-0.15, -0.1) is 0 Å². The minimum absolute atomic E-state index is 0.880. The Hall–Kier alpha value is -6.12. The zero-order valence-electron chi connectivity index (χ0n) is 25.3. The number of anilines is 3. The first kappa shape index (κ1) is 27.4. The van der Waals surface area contributed by atoms with E-state index in [2.05, 4.69) is 175 Å². The molecule has 0 bridgehead atoms. The fraction of sp³-hybridized carbons (Fsp3) is 0. The van der Waals surface area contributed by atoms with Gasteiger partial charge in [0.2, 0.25) is 0 Å². The first-order valence-electron chi connectivity index (χ1n) is 15.6. The molecule has 0 unspecified atom stereocenters. The van der Waals surface area contributed by atoms with E-state index in [0.29, 0.717) is 0 Å². The molecule has 7 aromatic carbocycles. The van der Waals surface area contributed by atoms with Crippen molar-refractivity contribution in [3.05, 3.63) is 188 Å². The van der Waals surface area contributed by atoms with Gasteiger partial charge in [-0.2, -0.15) is 0 Å². The standard InChI is InChI=1S/C44H31NO/c1-3-11-32(12-4-1)35-14-9-15-36(29-35)33-21-25-41(26-22-33)45(40-18-5-2-6-19-40)42-27-23-34(24-28-42)37-16-10-17-38(30-37)44-31-39-13-7-8-20-43(39)46-44/h1-31H. The number of nitrogens with zero attached hydrogens (tertiary/aromatic N) is 1. The summed E-state index contributed by atoms with van der Waals surface area (Å²) in [6, 6.07) is 66.3. The summed E-state index contributed by atoms with van der Waals surface area (Å²) in [6.45, 7) is 0. The summed E-state index contributed by atoms with van der Waals surface area (Å²) in [5.74, 6) is 0.880. The number of rotatable bonds is 7. The van der Waals surface area contributed by atoms with Crippen LogP contribution in [-0.2, 0) is 0 Å². The molecule has 0 fully saturated rings. The van der Waals surface area contributed by atoms with Gasteiger partial charge in [-0.3, -0.25) is 0 Å². The van der Waals surface area contributed by atoms with Gasteiger partial charge in [-0.25, -0.2) is 0 Å². The SMILES string of the molecule is c1ccc(-c2cccc(-c3ccc(N(c4ccccc4)c4ccc(-c5cccc(-c6cc7ccccc7o6)c5)cc4)cc3)c2)cc1. The molecule has 0 saturated heterocycles. The quantitative estimate of drug-likeness (QED) is 0.184. The molecule has 0 radical (unpaired) electrons. The predicted molar refractivity (Wildman–Crippen MR) is 193 cm³/mol. The lowest BCUT2D eigenvalue weighted by Gasteiger charge is -2.26. The van der Waals surface area contributed by atoms with Gasteiger partial charge in [0.05, 0.1) is 0 Å². The highest BCUT2D eigenvalue weighted by atomic mass is 16.3. The maximum Gasteiger partial charge on any atom is 0.135 e. The van der Waals surface area contributed by atoms with Crippen molar-refractivity contribution < 1.29 is 4.42 Å². The fourth-order valence-electron chi connectivity index (χ4n) is 6.12. The van der Waals surface area contributed by atoms with Crippen LogP contribution in [0.15, 0.2) is 192 Å². The number of fused-ring (bicyclic) bond motifs is 1. The van der Waals surface area contributed by atoms with E-state index < -0.39 is 0 Å². The second kappa shape index (κ2) is 12.1. The molecule has 2 nitrogen and oxygen atoms in total. The van der Waals surface area contributed by atoms with Crippen molar-refractivity contribution in [2.24, 2.45) is 0 Å². The van der Waals surface area contributed by atoms with E-state index >= 15 is 0 Å². The molecular weight excluding hydrogens is 558 g/mol. The lowest BCUT2D eigenvalue weighted by molar-refractivity contribution is 0.631. The lowest BCUT2D eigenvalue weighted by atomic mass is 9.99. The number of furan rings is 1. The van der Waals surface area contributed by atoms with E-state index in [1.807, 2.05) is 18.2 Å². The predicted octanol–water partition coefficient (Wildman–Crippen LogP) is 12.6. The van der Waals surface area contributed by atoms with Crippen molar-refractivity contribution in [1.82, 2.24) is 0 Å². The summed E-state index contributed by atoms with van der Waals surface area (Å²) >= 11 is 0. The van der Waals surface area contributed by atoms with Gasteiger partial charge in [0.25, 0.3) is 0 Å². The minimum atomic E-state index is 0.880. The van der Waals surface area contributed by atoms with Crippen LogP contribution in [0.5, 0.6) is 0 Å². The highest BCUT2D eigenvalue weighted by molar-refractivity contribution is 5.84. The summed E-state index contributed by atoms with van der Waals surface area (Å²) in [7, 11) is 0. The first-order chi connectivity index (χ1) is 22.8. The van der Waals surface area contributed by atoms with Crippen LogP contribution in [0.1, 0.15) is 0 Å². The monoisotopic (exact) mass is 589 g/mol. The summed E-state index contributed by atoms with van der Waals surface area (Å²) in [5.41, 5.74) is 12.4. The first-order valence-corrected chi connectivity index (χ1v) is 15.6. The summed E-state index contributed by atoms with van der Waals surface area (Å²) in [5, 5.41) is 1.11. The summed E-state index contributed by atoms with van der Waals surface area (Å²) in [4.78, 5) is 2.30. The molecule has 1 aromatic heterocycles. The molecule has 0 N–H and O–H groups in total. The number of benzene rings is 7. The van der Waals surface area contributed by atoms with E-state index in [4.69, 9.17) is 4.42 Å². The van der Waals surface area contributed by atoms with E-state index in [1.54, 1.807) is 0 Å². The molecule has 0 saturated carbocycles.